The maximum absolute atomic E-state index is 14.1. The Morgan fingerprint density at radius 2 is 0.610 bits per heavy atom. The highest BCUT2D eigenvalue weighted by Crippen LogP contribution is 2.44. The van der Waals surface area contributed by atoms with E-state index in [-0.39, 0.29) is 58.9 Å². The SMILES string of the molecule is Cn1nc(OC2CCCC(C)(C)C2)c2ccc(NC(=O)c3ccccn3)cc21.Cn1nc(OC2CCCC(C)(C)C2)c2ccc(NC(=O)c3ncccc3N)cc21.Cn1nc(OC2CCCC(C)(C)C2)c2ccc(NC(=O)c3ncccc3O)cc21.Cn1nc(OC2CCCCC2F)c2ccc(NC(=O)c3ccccn3)cc21.Cn1nc(OC2CCCCC2F)c2ccc(NC(=O)c3ncccc3N)cc21. The van der Waals surface area contributed by atoms with Crippen molar-refractivity contribution in [3.63, 3.8) is 0 Å². The third kappa shape index (κ3) is 24.6. The molecule has 35 heteroatoms. The molecule has 5 aliphatic rings. The van der Waals surface area contributed by atoms with Crippen molar-refractivity contribution in [2.45, 2.75) is 213 Å². The number of halogens is 2. The Bertz CT molecular complexity index is 6830. The van der Waals surface area contributed by atoms with Gasteiger partial charge in [0.15, 0.2) is 17.1 Å². The number of nitrogens with zero attached hydrogens (tertiary/aromatic N) is 15. The molecule has 5 amide bonds. The van der Waals surface area contributed by atoms with E-state index in [1.165, 1.54) is 57.0 Å². The first-order valence-electron chi connectivity index (χ1n) is 48.1. The Kier molecular flexibility index (Phi) is 30.5. The largest absolute Gasteiger partial charge is 0.505 e. The second kappa shape index (κ2) is 43.5. The molecule has 7 atom stereocenters. The smallest absolute Gasteiger partial charge is 0.278 e. The van der Waals surface area contributed by atoms with Crippen LogP contribution in [0.4, 0.5) is 48.6 Å². The Balaban J connectivity index is 0.000000127. The zero-order valence-electron chi connectivity index (χ0n) is 81.3. The van der Waals surface area contributed by atoms with Gasteiger partial charge in [0.25, 0.3) is 29.5 Å². The molecule has 5 saturated carbocycles. The lowest BCUT2D eigenvalue weighted by Crippen LogP contribution is -2.31. The predicted octanol–water partition coefficient (Wildman–Crippen LogP) is 20.3. The molecule has 736 valence electrons. The van der Waals surface area contributed by atoms with Crippen molar-refractivity contribution in [3.8, 4) is 35.1 Å². The Morgan fingerprint density at radius 3 is 0.894 bits per heavy atom. The number of pyridine rings is 5. The van der Waals surface area contributed by atoms with E-state index in [2.05, 4.69) is 119 Å². The highest BCUT2D eigenvalue weighted by atomic mass is 19.1. The molecule has 7 unspecified atom stereocenters. The van der Waals surface area contributed by atoms with E-state index in [1.807, 2.05) is 87.9 Å². The second-order valence-electron chi connectivity index (χ2n) is 39.2. The number of fused-ring (bicyclic) bond motifs is 5. The summed E-state index contributed by atoms with van der Waals surface area (Å²) in [4.78, 5) is 82.1. The van der Waals surface area contributed by atoms with Crippen molar-refractivity contribution in [1.82, 2.24) is 73.8 Å². The van der Waals surface area contributed by atoms with Gasteiger partial charge in [-0.25, -0.2) is 23.7 Å². The van der Waals surface area contributed by atoms with Crippen molar-refractivity contribution >= 4 is 124 Å². The van der Waals surface area contributed by atoms with Crippen molar-refractivity contribution < 1.29 is 61.5 Å². The van der Waals surface area contributed by atoms with Crippen LogP contribution in [-0.4, -0.2) is 151 Å². The number of alkyl halides is 2. The molecule has 5 aliphatic carbocycles. The number of rotatable bonds is 20. The third-order valence-corrected chi connectivity index (χ3v) is 26.4. The summed E-state index contributed by atoms with van der Waals surface area (Å²) in [5.74, 6) is 0.931. The number of aromatic nitrogens is 15. The first-order valence-corrected chi connectivity index (χ1v) is 48.1. The van der Waals surface area contributed by atoms with E-state index in [1.54, 1.807) is 147 Å². The second-order valence-corrected chi connectivity index (χ2v) is 39.2. The normalized spacial score (nSPS) is 19.0. The highest BCUT2D eigenvalue weighted by Gasteiger charge is 2.36. The lowest BCUT2D eigenvalue weighted by atomic mass is 9.76. The van der Waals surface area contributed by atoms with E-state index in [4.69, 9.17) is 35.2 Å². The van der Waals surface area contributed by atoms with Crippen molar-refractivity contribution in [3.05, 3.63) is 223 Å². The number of carbonyl (C=O) groups is 5. The van der Waals surface area contributed by atoms with Gasteiger partial charge >= 0.3 is 0 Å². The van der Waals surface area contributed by atoms with Gasteiger partial charge in [0.2, 0.25) is 29.4 Å². The number of amides is 5. The number of nitrogens with two attached hydrogens (primary N) is 2. The fourth-order valence-electron chi connectivity index (χ4n) is 19.0. The van der Waals surface area contributed by atoms with Gasteiger partial charge in [-0.1, -0.05) is 66.5 Å². The van der Waals surface area contributed by atoms with Crippen LogP contribution < -0.4 is 61.7 Å². The fourth-order valence-corrected chi connectivity index (χ4v) is 19.0. The summed E-state index contributed by atoms with van der Waals surface area (Å²) >= 11 is 0. The molecule has 0 spiro atoms. The Morgan fingerprint density at radius 1 is 0.333 bits per heavy atom. The monoisotopic (exact) mass is 1920 g/mol. The van der Waals surface area contributed by atoms with Crippen LogP contribution in [0, 0.1) is 16.2 Å². The molecule has 10 N–H and O–H groups in total. The van der Waals surface area contributed by atoms with Gasteiger partial charge < -0.3 is 66.8 Å². The molecule has 20 rings (SSSR count). The number of anilines is 7. The van der Waals surface area contributed by atoms with E-state index >= 15 is 0 Å². The zero-order chi connectivity index (χ0) is 99.4. The molecule has 15 aromatic rings. The molecule has 0 saturated heterocycles. The van der Waals surface area contributed by atoms with Gasteiger partial charge in [-0.2, -0.15) is 0 Å². The molecule has 0 aliphatic heterocycles. The molecule has 5 fully saturated rings. The number of aromatic hydroxyl groups is 1. The van der Waals surface area contributed by atoms with Gasteiger partial charge in [0.1, 0.15) is 60.0 Å². The molecule has 10 heterocycles. The number of aryl methyl sites for hydroxylation is 5. The molecule has 10 aromatic heterocycles. The van der Waals surface area contributed by atoms with Gasteiger partial charge in [-0.15, -0.1) is 25.5 Å². The minimum Gasteiger partial charge on any atom is -0.505 e. The number of carbonyl (C=O) groups excluding carboxylic acids is 5. The summed E-state index contributed by atoms with van der Waals surface area (Å²) in [7, 11) is 9.21. The van der Waals surface area contributed by atoms with E-state index in [0.717, 1.165) is 119 Å². The number of benzene rings is 5. The molecule has 0 bridgehead atoms. The van der Waals surface area contributed by atoms with Crippen LogP contribution in [0.15, 0.2) is 195 Å². The van der Waals surface area contributed by atoms with Gasteiger partial charge in [0.05, 0.1) is 65.9 Å². The topological polar surface area (TPSA) is 417 Å². The standard InChI is InChI=1S/C22H27N5O2.C22H26N4O3.C22H26N4O2.C20H22FN5O2.C20H21FN4O2/c1-22(2)10-4-6-15(13-22)29-21-16-9-8-14(12-18(16)27(3)26-21)25-20(28)19-17(23)7-5-11-24-19;1-22(2)10-4-6-15(13-22)29-21-16-9-8-14(12-17(16)26(3)25-21)24-20(28)19-18(27)7-5-11-23-19;1-22(2)11-6-7-16(14-22)28-21-17-10-9-15(13-19(17)26(3)25-21)24-20(27)18-8-4-5-12-23-18;1-26-16-11-12(24-19(27)18-15(22)6-4-10-23-18)8-9-13(16)20(25-26)28-17-7-3-2-5-14(17)21;1-25-17-12-13(23-19(26)16-7-4-5-11-22-16)9-10-14(17)20(24-25)27-18-8-3-2-6-15(18)21/h5,7-9,11-12,15H,4,6,10,13,23H2,1-3H3,(H,25,28);5,7-9,11-12,15,27H,4,6,10,13H2,1-3H3,(H,24,28);4-5,8-10,12-13,16H,6-7,11,14H2,1-3H3,(H,24,27);4,6,8-11,14,17H,2-3,5,7,22H2,1H3,(H,24,27);4-5,7,9-12,15,18H,2-3,6,8H2,1H3,(H,23,26). The number of hydrogen-bond donors (Lipinski definition) is 8. The zero-order valence-corrected chi connectivity index (χ0v) is 81.3. The average Bonchev–Trinajstić information content (AvgIpc) is 1.66. The van der Waals surface area contributed by atoms with E-state index < -0.39 is 36.4 Å². The first kappa shape index (κ1) is 98.8. The minimum atomic E-state index is -0.965. The highest BCUT2D eigenvalue weighted by molar-refractivity contribution is 6.09. The Labute approximate surface area is 815 Å². The van der Waals surface area contributed by atoms with Crippen LogP contribution in [0.3, 0.4) is 0 Å². The molecular formula is C106H122F2N22O11. The average molecular weight is 1920 g/mol. The molecule has 33 nitrogen and oxygen atoms in total. The molecular weight excluding hydrogens is 1800 g/mol. The van der Waals surface area contributed by atoms with Crippen LogP contribution in [-0.2, 0) is 35.2 Å². The van der Waals surface area contributed by atoms with Gasteiger partial charge in [-0.05, 0) is 283 Å². The third-order valence-electron chi connectivity index (χ3n) is 26.4. The van der Waals surface area contributed by atoms with Crippen LogP contribution in [0.2, 0.25) is 0 Å². The lowest BCUT2D eigenvalue weighted by molar-refractivity contribution is 0.0608. The quantitative estimate of drug-likeness (QED) is 0.0351. The van der Waals surface area contributed by atoms with E-state index in [9.17, 15) is 37.9 Å². The summed E-state index contributed by atoms with van der Waals surface area (Å²) in [6, 6.07) is 47.9. The maximum atomic E-state index is 14.1. The van der Waals surface area contributed by atoms with Gasteiger partial charge in [-0.3, -0.25) is 57.3 Å². The number of nitrogens with one attached hydrogen (secondary N) is 5. The van der Waals surface area contributed by atoms with Gasteiger partial charge in [0, 0.05) is 94.7 Å². The van der Waals surface area contributed by atoms with Crippen LogP contribution >= 0.6 is 0 Å². The number of nitrogen functional groups attached to an aromatic ring is 2. The van der Waals surface area contributed by atoms with Crippen molar-refractivity contribution in [1.29, 1.82) is 0 Å². The van der Waals surface area contributed by atoms with Crippen LogP contribution in [0.25, 0.3) is 54.5 Å². The summed E-state index contributed by atoms with van der Waals surface area (Å²) in [6.45, 7) is 13.8. The fraction of sp³-hybridized carbons (Fsp3) is 0.387. The molecule has 5 aromatic carbocycles. The number of ether oxygens (including phenoxy) is 5. The Hall–Kier alpha value is -15.2. The molecule has 141 heavy (non-hydrogen) atoms. The predicted molar refractivity (Wildman–Crippen MR) is 541 cm³/mol. The van der Waals surface area contributed by atoms with Crippen molar-refractivity contribution in [2.24, 2.45) is 51.5 Å². The molecule has 0 radical (unpaired) electrons. The minimum absolute atomic E-state index is 0.0125. The summed E-state index contributed by atoms with van der Waals surface area (Å²) < 4.78 is 67.5. The van der Waals surface area contributed by atoms with Crippen molar-refractivity contribution in [2.75, 3.05) is 38.1 Å². The summed E-state index contributed by atoms with van der Waals surface area (Å²) in [5.41, 5.74) is 21.7. The van der Waals surface area contributed by atoms with Crippen LogP contribution in [0.5, 0.6) is 35.1 Å². The van der Waals surface area contributed by atoms with Crippen LogP contribution in [0.1, 0.15) is 222 Å². The lowest BCUT2D eigenvalue weighted by Gasteiger charge is -2.34. The number of hydrogen-bond acceptors (Lipinski definition) is 23. The summed E-state index contributed by atoms with van der Waals surface area (Å²) in [5, 5.41) is 50.8. The summed E-state index contributed by atoms with van der Waals surface area (Å²) in [6.07, 6.45) is 25.2. The maximum Gasteiger partial charge on any atom is 0.278 e. The van der Waals surface area contributed by atoms with E-state index in [0.29, 0.717) is 123 Å². The first-order chi connectivity index (χ1) is 67.7.